The van der Waals surface area contributed by atoms with Gasteiger partial charge in [0.2, 0.25) is 0 Å². The van der Waals surface area contributed by atoms with Gasteiger partial charge in [0.1, 0.15) is 17.2 Å². The van der Waals surface area contributed by atoms with Crippen LogP contribution in [0.5, 0.6) is 0 Å². The first-order chi connectivity index (χ1) is 17.0. The molecule has 8 nitrogen and oxygen atoms in total. The smallest absolute Gasteiger partial charge is 0.274 e. The number of hydrogen-bond donors (Lipinski definition) is 2. The Morgan fingerprint density at radius 3 is 2.77 bits per heavy atom. The molecule has 0 fully saturated rings. The quantitative estimate of drug-likeness (QED) is 0.220. The number of benzene rings is 2. The number of nitrogens with one attached hydrogen (secondary N) is 2. The van der Waals surface area contributed by atoms with Crippen LogP contribution in [0.3, 0.4) is 0 Å². The van der Waals surface area contributed by atoms with Crippen LogP contribution in [-0.4, -0.2) is 34.6 Å². The molecule has 35 heavy (non-hydrogen) atoms. The molecule has 2 N–H and O–H groups in total. The Kier molecular flexibility index (Phi) is 7.27. The van der Waals surface area contributed by atoms with E-state index >= 15 is 0 Å². The first-order valence-electron chi connectivity index (χ1n) is 11.0. The molecule has 178 valence electrons. The van der Waals surface area contributed by atoms with E-state index in [1.165, 1.54) is 18.3 Å². The molecule has 0 aliphatic heterocycles. The maximum absolute atomic E-state index is 13.2. The summed E-state index contributed by atoms with van der Waals surface area (Å²) in [5.74, 6) is -0.334. The van der Waals surface area contributed by atoms with E-state index in [0.29, 0.717) is 22.6 Å². The molecule has 0 saturated carbocycles. The number of aliphatic imine (C=N–C) groups is 1. The lowest BCUT2D eigenvalue weighted by atomic mass is 10.1. The molecule has 1 unspecified atom stereocenters. The molecule has 0 saturated heterocycles. The SMILES string of the molecule is C=NO/C(=N\CNC(C)c1ccc(F)cc1)c1ccc(C)c(NC(=O)c2cnc3ccccn23)c1. The van der Waals surface area contributed by atoms with E-state index in [9.17, 15) is 9.18 Å². The van der Waals surface area contributed by atoms with Crippen molar-refractivity contribution in [2.75, 3.05) is 12.0 Å². The summed E-state index contributed by atoms with van der Waals surface area (Å²) in [6, 6.07) is 17.2. The zero-order chi connectivity index (χ0) is 24.8. The predicted molar refractivity (Wildman–Crippen MR) is 134 cm³/mol. The number of oxime groups is 1. The highest BCUT2D eigenvalue weighted by Crippen LogP contribution is 2.20. The van der Waals surface area contributed by atoms with E-state index in [2.05, 4.69) is 32.5 Å². The lowest BCUT2D eigenvalue weighted by Gasteiger charge is -2.14. The Labute approximate surface area is 202 Å². The standard InChI is InChI=1S/C26H25FN6O2/c1-17-7-8-20(14-22(17)32-25(34)23-15-29-24-6-4-5-13-33(23)24)26(35-28-3)31-16-30-18(2)19-9-11-21(27)12-10-19/h4-15,18,30H,3,16H2,1-2H3,(H,32,34)/b31-26-. The largest absolute Gasteiger partial charge is 0.337 e. The van der Waals surface area contributed by atoms with Crippen molar-refractivity contribution in [1.29, 1.82) is 0 Å². The summed E-state index contributed by atoms with van der Waals surface area (Å²) >= 11 is 0. The van der Waals surface area contributed by atoms with E-state index in [0.717, 1.165) is 11.1 Å². The fraction of sp³-hybridized carbons (Fsp3) is 0.154. The van der Waals surface area contributed by atoms with Gasteiger partial charge >= 0.3 is 0 Å². The van der Waals surface area contributed by atoms with Gasteiger partial charge in [-0.05, 0) is 61.4 Å². The van der Waals surface area contributed by atoms with Crippen molar-refractivity contribution < 1.29 is 14.0 Å². The van der Waals surface area contributed by atoms with Gasteiger partial charge in [-0.15, -0.1) is 0 Å². The third-order valence-electron chi connectivity index (χ3n) is 5.52. The number of rotatable bonds is 8. The number of carbonyl (C=O) groups excluding carboxylic acids is 1. The lowest BCUT2D eigenvalue weighted by Crippen LogP contribution is -2.20. The maximum Gasteiger partial charge on any atom is 0.274 e. The first-order valence-corrected chi connectivity index (χ1v) is 11.0. The molecule has 0 bridgehead atoms. The number of aromatic nitrogens is 2. The Bertz CT molecular complexity index is 1380. The molecule has 2 heterocycles. The molecule has 4 rings (SSSR count). The number of fused-ring (bicyclic) bond motifs is 1. The summed E-state index contributed by atoms with van der Waals surface area (Å²) in [6.07, 6.45) is 3.32. The Morgan fingerprint density at radius 1 is 1.20 bits per heavy atom. The van der Waals surface area contributed by atoms with Gasteiger partial charge in [0.05, 0.1) is 12.9 Å². The molecule has 9 heteroatoms. The van der Waals surface area contributed by atoms with Gasteiger partial charge in [0.25, 0.3) is 11.8 Å². The number of carbonyl (C=O) groups is 1. The van der Waals surface area contributed by atoms with Gasteiger partial charge in [0, 0.05) is 30.2 Å². The zero-order valence-corrected chi connectivity index (χ0v) is 19.4. The lowest BCUT2D eigenvalue weighted by molar-refractivity contribution is 0.102. The molecule has 2 aromatic carbocycles. The van der Waals surface area contributed by atoms with E-state index in [1.807, 2.05) is 44.2 Å². The van der Waals surface area contributed by atoms with E-state index < -0.39 is 0 Å². The van der Waals surface area contributed by atoms with Gasteiger partial charge in [-0.3, -0.25) is 14.5 Å². The highest BCUT2D eigenvalue weighted by atomic mass is 19.1. The second-order valence-electron chi connectivity index (χ2n) is 7.88. The van der Waals surface area contributed by atoms with Crippen molar-refractivity contribution in [1.82, 2.24) is 14.7 Å². The van der Waals surface area contributed by atoms with Crippen molar-refractivity contribution in [2.45, 2.75) is 19.9 Å². The van der Waals surface area contributed by atoms with Crippen LogP contribution in [-0.2, 0) is 4.84 Å². The Hall–Kier alpha value is -4.37. The second kappa shape index (κ2) is 10.7. The minimum absolute atomic E-state index is 0.0596. The molecule has 0 aliphatic carbocycles. The number of aryl methyl sites for hydroxylation is 1. The van der Waals surface area contributed by atoms with Crippen molar-refractivity contribution >= 4 is 29.9 Å². The van der Waals surface area contributed by atoms with E-state index in [4.69, 9.17) is 4.84 Å². The molecule has 0 aliphatic rings. The van der Waals surface area contributed by atoms with Crippen molar-refractivity contribution in [3.8, 4) is 0 Å². The fourth-order valence-corrected chi connectivity index (χ4v) is 3.53. The predicted octanol–water partition coefficient (Wildman–Crippen LogP) is 4.72. The topological polar surface area (TPSA) is 92.4 Å². The molecule has 1 atom stereocenters. The minimum atomic E-state index is -0.292. The van der Waals surface area contributed by atoms with Crippen molar-refractivity contribution in [3.05, 3.63) is 101 Å². The number of hydrogen-bond acceptors (Lipinski definition) is 6. The van der Waals surface area contributed by atoms with Crippen LogP contribution in [0.1, 0.15) is 40.1 Å². The van der Waals surface area contributed by atoms with Crippen LogP contribution in [0.2, 0.25) is 0 Å². The number of pyridine rings is 1. The fourth-order valence-electron chi connectivity index (χ4n) is 3.53. The number of anilines is 1. The van der Waals surface area contributed by atoms with E-state index in [1.54, 1.807) is 28.8 Å². The van der Waals surface area contributed by atoms with Gasteiger partial charge in [-0.1, -0.05) is 29.4 Å². The third-order valence-corrected chi connectivity index (χ3v) is 5.52. The van der Waals surface area contributed by atoms with Crippen LogP contribution in [0.4, 0.5) is 10.1 Å². The molecular formula is C26H25FN6O2. The average Bonchev–Trinajstić information content (AvgIpc) is 3.29. The summed E-state index contributed by atoms with van der Waals surface area (Å²) in [4.78, 5) is 27.0. The van der Waals surface area contributed by atoms with Crippen molar-refractivity contribution in [2.24, 2.45) is 10.1 Å². The molecule has 0 spiro atoms. The molecular weight excluding hydrogens is 447 g/mol. The molecule has 1 amide bonds. The van der Waals surface area contributed by atoms with E-state index in [-0.39, 0.29) is 30.3 Å². The average molecular weight is 473 g/mol. The number of halogens is 1. The molecule has 2 aromatic heterocycles. The van der Waals surface area contributed by atoms with Crippen LogP contribution >= 0.6 is 0 Å². The number of amides is 1. The van der Waals surface area contributed by atoms with Crippen LogP contribution in [0, 0.1) is 12.7 Å². The third kappa shape index (κ3) is 5.59. The zero-order valence-electron chi connectivity index (χ0n) is 19.4. The molecule has 0 radical (unpaired) electrons. The Balaban J connectivity index is 1.50. The highest BCUT2D eigenvalue weighted by Gasteiger charge is 2.15. The first kappa shape index (κ1) is 23.8. The summed E-state index contributed by atoms with van der Waals surface area (Å²) in [5.41, 5.74) is 4.12. The maximum atomic E-state index is 13.2. The van der Waals surface area contributed by atoms with Gasteiger partial charge in [-0.25, -0.2) is 14.4 Å². The van der Waals surface area contributed by atoms with Crippen LogP contribution in [0.15, 0.2) is 83.2 Å². The van der Waals surface area contributed by atoms with Crippen LogP contribution in [0.25, 0.3) is 5.65 Å². The summed E-state index contributed by atoms with van der Waals surface area (Å²) in [6.45, 7) is 7.46. The molecule has 4 aromatic rings. The number of nitrogens with zero attached hydrogens (tertiary/aromatic N) is 4. The summed E-state index contributed by atoms with van der Waals surface area (Å²) in [5, 5.41) is 9.70. The van der Waals surface area contributed by atoms with Gasteiger partial charge in [0.15, 0.2) is 0 Å². The summed E-state index contributed by atoms with van der Waals surface area (Å²) in [7, 11) is 0. The monoisotopic (exact) mass is 472 g/mol. The number of imidazole rings is 1. The minimum Gasteiger partial charge on any atom is -0.337 e. The highest BCUT2D eigenvalue weighted by molar-refractivity contribution is 6.05. The second-order valence-corrected chi connectivity index (χ2v) is 7.88. The summed E-state index contributed by atoms with van der Waals surface area (Å²) < 4.78 is 14.9. The van der Waals surface area contributed by atoms with Crippen molar-refractivity contribution in [3.63, 3.8) is 0 Å². The van der Waals surface area contributed by atoms with Gasteiger partial charge in [-0.2, -0.15) is 0 Å². The normalized spacial score (nSPS) is 12.4. The Morgan fingerprint density at radius 2 is 2.00 bits per heavy atom. The van der Waals surface area contributed by atoms with Gasteiger partial charge < -0.3 is 10.2 Å². The van der Waals surface area contributed by atoms with Crippen LogP contribution < -0.4 is 10.6 Å².